The van der Waals surface area contributed by atoms with Crippen LogP contribution in [0, 0.1) is 0 Å². The molecule has 0 aromatic rings. The first-order valence-corrected chi connectivity index (χ1v) is 2.86. The summed E-state index contributed by atoms with van der Waals surface area (Å²) in [5.41, 5.74) is 0. The Morgan fingerprint density at radius 2 is 2.00 bits per heavy atom. The largest absolute Gasteiger partial charge is 0.300 e. The maximum absolute atomic E-state index is 10.0. The van der Waals surface area contributed by atoms with Crippen molar-refractivity contribution in [1.82, 2.24) is 0 Å². The normalized spacial score (nSPS) is 7.56. The number of hydrogen-bond donors (Lipinski definition) is 1. The quantitative estimate of drug-likeness (QED) is 0.459. The first-order chi connectivity index (χ1) is 4.18. The average molecular weight is 134 g/mol. The Hall–Kier alpha value is -0.410. The van der Waals surface area contributed by atoms with Crippen LogP contribution in [-0.2, 0) is 9.68 Å². The van der Waals surface area contributed by atoms with Gasteiger partial charge in [0.1, 0.15) is 5.78 Å². The summed E-state index contributed by atoms with van der Waals surface area (Å²) < 4.78 is 0. The van der Waals surface area contributed by atoms with Gasteiger partial charge in [-0.15, -0.1) is 0 Å². The molecule has 0 aliphatic rings. The van der Waals surface area contributed by atoms with Gasteiger partial charge in [-0.3, -0.25) is 5.26 Å². The molecular formula is C6H14O3. The summed E-state index contributed by atoms with van der Waals surface area (Å²) in [7, 11) is 1.18. The first-order valence-electron chi connectivity index (χ1n) is 2.86. The zero-order chi connectivity index (χ0) is 7.70. The van der Waals surface area contributed by atoms with Crippen LogP contribution in [0.1, 0.15) is 26.7 Å². The molecule has 0 rings (SSSR count). The zero-order valence-corrected chi connectivity index (χ0v) is 6.18. The van der Waals surface area contributed by atoms with E-state index in [1.54, 1.807) is 6.92 Å². The Bertz CT molecular complexity index is 61.3. The molecule has 0 saturated heterocycles. The molecule has 0 spiro atoms. The molecule has 0 saturated carbocycles. The van der Waals surface area contributed by atoms with Gasteiger partial charge >= 0.3 is 0 Å². The van der Waals surface area contributed by atoms with Crippen molar-refractivity contribution in [2.24, 2.45) is 0 Å². The van der Waals surface area contributed by atoms with Crippen LogP contribution in [0.25, 0.3) is 0 Å². The molecule has 0 aliphatic heterocycles. The molecular weight excluding hydrogens is 120 g/mol. The third-order valence-electron chi connectivity index (χ3n) is 0.602. The summed E-state index contributed by atoms with van der Waals surface area (Å²) >= 11 is 0. The lowest BCUT2D eigenvalue weighted by Gasteiger charge is -1.80. The van der Waals surface area contributed by atoms with Gasteiger partial charge in [-0.05, 0) is 13.3 Å². The topological polar surface area (TPSA) is 46.5 Å². The van der Waals surface area contributed by atoms with Gasteiger partial charge in [0.25, 0.3) is 0 Å². The molecule has 0 heterocycles. The van der Waals surface area contributed by atoms with E-state index in [1.165, 1.54) is 7.11 Å². The van der Waals surface area contributed by atoms with Crippen molar-refractivity contribution < 1.29 is 14.9 Å². The van der Waals surface area contributed by atoms with E-state index in [-0.39, 0.29) is 5.78 Å². The van der Waals surface area contributed by atoms with Crippen LogP contribution in [-0.4, -0.2) is 18.2 Å². The Morgan fingerprint density at radius 1 is 1.67 bits per heavy atom. The van der Waals surface area contributed by atoms with E-state index < -0.39 is 0 Å². The molecule has 0 fully saturated rings. The van der Waals surface area contributed by atoms with Crippen molar-refractivity contribution in [3.63, 3.8) is 0 Å². The predicted octanol–water partition coefficient (Wildman–Crippen LogP) is 1.48. The molecule has 56 valence electrons. The SMILES string of the molecule is CCCC(C)=O.COO. The van der Waals surface area contributed by atoms with Crippen LogP contribution < -0.4 is 0 Å². The fraction of sp³-hybridized carbons (Fsp3) is 0.833. The molecule has 0 aliphatic carbocycles. The molecule has 0 atom stereocenters. The number of carbonyl (C=O) groups is 1. The summed E-state index contributed by atoms with van der Waals surface area (Å²) in [4.78, 5) is 13.3. The molecule has 0 radical (unpaired) electrons. The van der Waals surface area contributed by atoms with E-state index in [9.17, 15) is 4.79 Å². The molecule has 1 N–H and O–H groups in total. The summed E-state index contributed by atoms with van der Waals surface area (Å²) in [5.74, 6) is 0.289. The fourth-order valence-corrected chi connectivity index (χ4v) is 0.352. The van der Waals surface area contributed by atoms with E-state index in [1.807, 2.05) is 6.92 Å². The van der Waals surface area contributed by atoms with E-state index in [2.05, 4.69) is 4.89 Å². The summed E-state index contributed by atoms with van der Waals surface area (Å²) in [6.07, 6.45) is 1.72. The van der Waals surface area contributed by atoms with E-state index in [0.29, 0.717) is 0 Å². The van der Waals surface area contributed by atoms with Crippen LogP contribution in [0.3, 0.4) is 0 Å². The van der Waals surface area contributed by atoms with E-state index in [0.717, 1.165) is 12.8 Å². The fourth-order valence-electron chi connectivity index (χ4n) is 0.352. The van der Waals surface area contributed by atoms with E-state index in [4.69, 9.17) is 5.26 Å². The van der Waals surface area contributed by atoms with Crippen molar-refractivity contribution >= 4 is 5.78 Å². The van der Waals surface area contributed by atoms with Crippen molar-refractivity contribution in [2.75, 3.05) is 7.11 Å². The van der Waals surface area contributed by atoms with Crippen LogP contribution >= 0.6 is 0 Å². The Labute approximate surface area is 55.6 Å². The molecule has 0 unspecified atom stereocenters. The number of Topliss-reactive ketones (excluding diaryl/α,β-unsaturated/α-hetero) is 1. The van der Waals surface area contributed by atoms with Gasteiger partial charge in [0.15, 0.2) is 0 Å². The van der Waals surface area contributed by atoms with Gasteiger partial charge in [-0.2, -0.15) is 0 Å². The third-order valence-corrected chi connectivity index (χ3v) is 0.602. The number of carbonyl (C=O) groups excluding carboxylic acids is 1. The monoisotopic (exact) mass is 134 g/mol. The third kappa shape index (κ3) is 35.4. The maximum Gasteiger partial charge on any atom is 0.129 e. The lowest BCUT2D eigenvalue weighted by molar-refractivity contribution is -0.214. The summed E-state index contributed by atoms with van der Waals surface area (Å²) in [6.45, 7) is 3.62. The highest BCUT2D eigenvalue weighted by Crippen LogP contribution is 1.84. The van der Waals surface area contributed by atoms with Crippen molar-refractivity contribution in [1.29, 1.82) is 0 Å². The first kappa shape index (κ1) is 11.4. The van der Waals surface area contributed by atoms with Gasteiger partial charge in [0, 0.05) is 6.42 Å². The Balaban J connectivity index is 0. The maximum atomic E-state index is 10.0. The second-order valence-electron chi connectivity index (χ2n) is 1.63. The molecule has 3 nitrogen and oxygen atoms in total. The minimum absolute atomic E-state index is 0.289. The van der Waals surface area contributed by atoms with Gasteiger partial charge in [0.2, 0.25) is 0 Å². The van der Waals surface area contributed by atoms with Crippen molar-refractivity contribution in [2.45, 2.75) is 26.7 Å². The van der Waals surface area contributed by atoms with Crippen molar-refractivity contribution in [3.05, 3.63) is 0 Å². The van der Waals surface area contributed by atoms with Gasteiger partial charge in [-0.25, -0.2) is 4.89 Å². The lowest BCUT2D eigenvalue weighted by Crippen LogP contribution is -1.84. The van der Waals surface area contributed by atoms with Crippen molar-refractivity contribution in [3.8, 4) is 0 Å². The molecule has 0 amide bonds. The number of ketones is 1. The second kappa shape index (κ2) is 10.5. The lowest BCUT2D eigenvalue weighted by atomic mass is 10.3. The minimum Gasteiger partial charge on any atom is -0.300 e. The minimum atomic E-state index is 0.289. The Morgan fingerprint density at radius 3 is 2.00 bits per heavy atom. The molecule has 0 aromatic heterocycles. The number of hydrogen-bond acceptors (Lipinski definition) is 3. The molecule has 9 heavy (non-hydrogen) atoms. The van der Waals surface area contributed by atoms with Gasteiger partial charge < -0.3 is 4.79 Å². The zero-order valence-electron chi connectivity index (χ0n) is 6.18. The van der Waals surface area contributed by atoms with Gasteiger partial charge in [-0.1, -0.05) is 6.92 Å². The predicted molar refractivity (Wildman–Crippen MR) is 35.2 cm³/mol. The standard InChI is InChI=1S/C5H10O.CH4O2/c1-3-4-5(2)6;1-3-2/h3-4H2,1-2H3;2H,1H3. The number of rotatable bonds is 2. The van der Waals surface area contributed by atoms with Crippen LogP contribution in [0.5, 0.6) is 0 Å². The highest BCUT2D eigenvalue weighted by molar-refractivity contribution is 5.75. The average Bonchev–Trinajstić information content (AvgIpc) is 1.67. The highest BCUT2D eigenvalue weighted by Gasteiger charge is 1.83. The molecule has 3 heteroatoms. The van der Waals surface area contributed by atoms with Gasteiger partial charge in [0.05, 0.1) is 7.11 Å². The highest BCUT2D eigenvalue weighted by atomic mass is 17.1. The second-order valence-corrected chi connectivity index (χ2v) is 1.63. The molecule has 0 aromatic carbocycles. The smallest absolute Gasteiger partial charge is 0.129 e. The summed E-state index contributed by atoms with van der Waals surface area (Å²) in [5, 5.41) is 7.07. The van der Waals surface area contributed by atoms with Crippen LogP contribution in [0.2, 0.25) is 0 Å². The van der Waals surface area contributed by atoms with Crippen LogP contribution in [0.15, 0.2) is 0 Å². The Kier molecular flexibility index (Phi) is 13.4. The van der Waals surface area contributed by atoms with E-state index >= 15 is 0 Å². The molecule has 0 bridgehead atoms. The van der Waals surface area contributed by atoms with Crippen LogP contribution in [0.4, 0.5) is 0 Å². The summed E-state index contributed by atoms with van der Waals surface area (Å²) in [6, 6.07) is 0.